The Balaban J connectivity index is 1.19. The van der Waals surface area contributed by atoms with Crippen LogP contribution in [0.4, 0.5) is 5.69 Å². The molecular formula is C33H37N3O3S2. The summed E-state index contributed by atoms with van der Waals surface area (Å²) in [7, 11) is -0.0501. The second-order valence-electron chi connectivity index (χ2n) is 10.9. The topological polar surface area (TPSA) is 70.6 Å². The van der Waals surface area contributed by atoms with E-state index < -0.39 is 10.0 Å². The van der Waals surface area contributed by atoms with Gasteiger partial charge in [-0.2, -0.15) is 4.31 Å². The Morgan fingerprint density at radius 2 is 1.54 bits per heavy atom. The van der Waals surface area contributed by atoms with Gasteiger partial charge in [-0.05, 0) is 61.1 Å². The van der Waals surface area contributed by atoms with E-state index in [1.165, 1.54) is 77.9 Å². The highest BCUT2D eigenvalue weighted by Crippen LogP contribution is 2.33. The summed E-state index contributed by atoms with van der Waals surface area (Å²) >= 11 is 1.44. The van der Waals surface area contributed by atoms with Crippen molar-refractivity contribution in [2.45, 2.75) is 62.9 Å². The maximum absolute atomic E-state index is 13.0. The van der Waals surface area contributed by atoms with E-state index in [0.717, 1.165) is 29.4 Å². The number of carbonyl (C=O) groups excluding carboxylic acids is 1. The molecule has 214 valence electrons. The molecule has 0 unspecified atom stereocenters. The average molecular weight is 588 g/mol. The molecule has 3 aromatic carbocycles. The molecule has 0 atom stereocenters. The Morgan fingerprint density at radius 1 is 0.878 bits per heavy atom. The van der Waals surface area contributed by atoms with Gasteiger partial charge in [0, 0.05) is 42.8 Å². The van der Waals surface area contributed by atoms with Crippen molar-refractivity contribution < 1.29 is 13.2 Å². The molecule has 0 amide bonds. The summed E-state index contributed by atoms with van der Waals surface area (Å²) < 4.78 is 27.3. The molecule has 0 aliphatic heterocycles. The van der Waals surface area contributed by atoms with Crippen LogP contribution in [-0.4, -0.2) is 37.6 Å². The summed E-state index contributed by atoms with van der Waals surface area (Å²) in [5.74, 6) is 0.627. The van der Waals surface area contributed by atoms with E-state index in [1.54, 1.807) is 19.2 Å². The van der Waals surface area contributed by atoms with Gasteiger partial charge in [-0.25, -0.2) is 13.4 Å². The van der Waals surface area contributed by atoms with Gasteiger partial charge in [0.05, 0.1) is 17.1 Å². The third kappa shape index (κ3) is 6.94. The molecule has 5 rings (SSSR count). The van der Waals surface area contributed by atoms with Crippen LogP contribution >= 0.6 is 11.3 Å². The van der Waals surface area contributed by atoms with Crippen molar-refractivity contribution in [3.8, 4) is 11.3 Å². The van der Waals surface area contributed by atoms with Crippen LogP contribution in [0.1, 0.15) is 71.4 Å². The van der Waals surface area contributed by atoms with Crippen molar-refractivity contribution >= 4 is 32.8 Å². The standard InChI is InChI=1S/C33H37N3O3S2/c1-24(37)26-15-19-31(20-16-26)41(38,39)36(3)22-33-34-32(23-40-33)29-13-17-30(18-14-29)35(2)21-25-9-11-28(12-10-25)27-7-5-4-6-8-27/h9-20,23,27H,4-8,21-22H2,1-3H3. The van der Waals surface area contributed by atoms with Crippen LogP contribution in [0.2, 0.25) is 0 Å². The molecule has 1 aliphatic rings. The first-order chi connectivity index (χ1) is 19.7. The van der Waals surface area contributed by atoms with E-state index in [1.807, 2.05) is 5.38 Å². The summed E-state index contributed by atoms with van der Waals surface area (Å²) in [5, 5.41) is 2.67. The summed E-state index contributed by atoms with van der Waals surface area (Å²) in [6, 6.07) is 23.5. The normalized spacial score (nSPS) is 14.3. The number of Topliss-reactive ketones (excluding diaryl/α,β-unsaturated/α-hetero) is 1. The Hall–Kier alpha value is -3.33. The van der Waals surface area contributed by atoms with Crippen molar-refractivity contribution in [3.63, 3.8) is 0 Å². The Bertz CT molecular complexity index is 1570. The van der Waals surface area contributed by atoms with Crippen LogP contribution in [0.5, 0.6) is 0 Å². The highest BCUT2D eigenvalue weighted by atomic mass is 32.2. The molecular weight excluding hydrogens is 551 g/mol. The van der Waals surface area contributed by atoms with Gasteiger partial charge in [0.2, 0.25) is 10.0 Å². The molecule has 1 saturated carbocycles. The van der Waals surface area contributed by atoms with Gasteiger partial charge in [-0.15, -0.1) is 11.3 Å². The molecule has 6 nitrogen and oxygen atoms in total. The minimum Gasteiger partial charge on any atom is -0.370 e. The van der Waals surface area contributed by atoms with Gasteiger partial charge < -0.3 is 4.90 Å². The van der Waals surface area contributed by atoms with Crippen LogP contribution in [0, 0.1) is 0 Å². The van der Waals surface area contributed by atoms with Gasteiger partial charge in [0.1, 0.15) is 5.01 Å². The number of nitrogens with zero attached hydrogens (tertiary/aromatic N) is 3. The van der Waals surface area contributed by atoms with E-state index >= 15 is 0 Å². The van der Waals surface area contributed by atoms with E-state index in [0.29, 0.717) is 10.6 Å². The summed E-state index contributed by atoms with van der Waals surface area (Å²) in [6.07, 6.45) is 6.72. The van der Waals surface area contributed by atoms with Gasteiger partial charge >= 0.3 is 0 Å². The lowest BCUT2D eigenvalue weighted by Gasteiger charge is -2.23. The number of ketones is 1. The Kier molecular flexibility index (Phi) is 9.02. The molecule has 1 fully saturated rings. The molecule has 0 spiro atoms. The zero-order valence-electron chi connectivity index (χ0n) is 23.9. The first-order valence-corrected chi connectivity index (χ1v) is 16.4. The third-order valence-electron chi connectivity index (χ3n) is 7.96. The number of aromatic nitrogens is 1. The fraction of sp³-hybridized carbons (Fsp3) is 0.333. The van der Waals surface area contributed by atoms with E-state index in [-0.39, 0.29) is 17.2 Å². The first-order valence-electron chi connectivity index (χ1n) is 14.1. The molecule has 1 aromatic heterocycles. The van der Waals surface area contributed by atoms with Gasteiger partial charge in [-0.3, -0.25) is 4.79 Å². The van der Waals surface area contributed by atoms with Crippen molar-refractivity contribution in [2.24, 2.45) is 0 Å². The van der Waals surface area contributed by atoms with Gasteiger partial charge in [0.15, 0.2) is 5.78 Å². The smallest absolute Gasteiger partial charge is 0.243 e. The fourth-order valence-electron chi connectivity index (χ4n) is 5.42. The number of carbonyl (C=O) groups is 1. The van der Waals surface area contributed by atoms with E-state index in [9.17, 15) is 13.2 Å². The SMILES string of the molecule is CC(=O)c1ccc(S(=O)(=O)N(C)Cc2nc(-c3ccc(N(C)Cc4ccc(C5CCCCC5)cc4)cc3)cs2)cc1. The summed E-state index contributed by atoms with van der Waals surface area (Å²) in [5.41, 5.74) is 6.21. The molecule has 1 aliphatic carbocycles. The second kappa shape index (κ2) is 12.7. The molecule has 0 saturated heterocycles. The lowest BCUT2D eigenvalue weighted by molar-refractivity contribution is 0.101. The maximum atomic E-state index is 13.0. The predicted octanol–water partition coefficient (Wildman–Crippen LogP) is 7.52. The summed E-state index contributed by atoms with van der Waals surface area (Å²) in [6.45, 7) is 2.46. The molecule has 8 heteroatoms. The third-order valence-corrected chi connectivity index (χ3v) is 10.6. The minimum absolute atomic E-state index is 0.100. The average Bonchev–Trinajstić information content (AvgIpc) is 3.46. The van der Waals surface area contributed by atoms with Gasteiger partial charge in [0.25, 0.3) is 0 Å². The monoisotopic (exact) mass is 587 g/mol. The summed E-state index contributed by atoms with van der Waals surface area (Å²) in [4.78, 5) is 18.6. The zero-order valence-corrected chi connectivity index (χ0v) is 25.5. The number of hydrogen-bond donors (Lipinski definition) is 0. The Labute approximate surface area is 247 Å². The minimum atomic E-state index is -3.70. The molecule has 0 radical (unpaired) electrons. The van der Waals surface area contributed by atoms with Crippen LogP contribution in [0.25, 0.3) is 11.3 Å². The lowest BCUT2D eigenvalue weighted by Crippen LogP contribution is -2.26. The highest BCUT2D eigenvalue weighted by molar-refractivity contribution is 7.89. The lowest BCUT2D eigenvalue weighted by atomic mass is 9.84. The second-order valence-corrected chi connectivity index (χ2v) is 13.9. The maximum Gasteiger partial charge on any atom is 0.243 e. The van der Waals surface area contributed by atoms with Crippen LogP contribution in [-0.2, 0) is 23.1 Å². The number of anilines is 1. The molecule has 1 heterocycles. The first kappa shape index (κ1) is 29.2. The Morgan fingerprint density at radius 3 is 2.17 bits per heavy atom. The number of hydrogen-bond acceptors (Lipinski definition) is 6. The van der Waals surface area contributed by atoms with Crippen molar-refractivity contribution in [3.05, 3.63) is 99.9 Å². The largest absolute Gasteiger partial charge is 0.370 e. The van der Waals surface area contributed by atoms with Crippen LogP contribution in [0.15, 0.2) is 83.1 Å². The molecule has 4 aromatic rings. The molecule has 0 bridgehead atoms. The van der Waals surface area contributed by atoms with Crippen molar-refractivity contribution in [1.82, 2.24) is 9.29 Å². The molecule has 0 N–H and O–H groups in total. The number of benzene rings is 3. The quantitative estimate of drug-likeness (QED) is 0.180. The number of thiazole rings is 1. The van der Waals surface area contributed by atoms with Crippen molar-refractivity contribution in [1.29, 1.82) is 0 Å². The number of rotatable bonds is 10. The molecule has 41 heavy (non-hydrogen) atoms. The highest BCUT2D eigenvalue weighted by Gasteiger charge is 2.22. The van der Waals surface area contributed by atoms with E-state index in [2.05, 4.69) is 60.5 Å². The zero-order chi connectivity index (χ0) is 29.0. The number of sulfonamides is 1. The van der Waals surface area contributed by atoms with Gasteiger partial charge in [-0.1, -0.05) is 67.8 Å². The van der Waals surface area contributed by atoms with Crippen LogP contribution in [0.3, 0.4) is 0 Å². The van der Waals surface area contributed by atoms with E-state index in [4.69, 9.17) is 4.98 Å². The fourth-order valence-corrected chi connectivity index (χ4v) is 7.49. The van der Waals surface area contributed by atoms with Crippen molar-refractivity contribution in [2.75, 3.05) is 19.0 Å². The predicted molar refractivity (Wildman–Crippen MR) is 167 cm³/mol. The van der Waals surface area contributed by atoms with Crippen LogP contribution < -0.4 is 4.90 Å².